The Balaban J connectivity index is 0. The molecule has 0 aliphatic heterocycles. The van der Waals surface area contributed by atoms with E-state index in [0.717, 1.165) is 0 Å². The summed E-state index contributed by atoms with van der Waals surface area (Å²) in [6.07, 6.45) is 27.5. The van der Waals surface area contributed by atoms with Gasteiger partial charge in [-0.25, -0.2) is 0 Å². The summed E-state index contributed by atoms with van der Waals surface area (Å²) in [6.45, 7) is 6.00. The van der Waals surface area contributed by atoms with E-state index in [1.165, 1.54) is 64.2 Å². The second-order valence-electron chi connectivity index (χ2n) is 4.50. The first-order chi connectivity index (χ1) is 9.00. The van der Waals surface area contributed by atoms with Crippen LogP contribution in [0.15, 0.2) is 43.5 Å². The predicted molar refractivity (Wildman–Crippen MR) is 83.5 cm³/mol. The normalized spacial score (nSPS) is 17.9. The Labute approximate surface area is 131 Å². The van der Waals surface area contributed by atoms with E-state index in [4.69, 9.17) is 0 Å². The van der Waals surface area contributed by atoms with Crippen molar-refractivity contribution in [2.24, 2.45) is 0 Å². The van der Waals surface area contributed by atoms with E-state index >= 15 is 0 Å². The van der Waals surface area contributed by atoms with Crippen molar-refractivity contribution in [2.75, 3.05) is 0 Å². The van der Waals surface area contributed by atoms with Gasteiger partial charge in [0.15, 0.2) is 0 Å². The van der Waals surface area contributed by atoms with E-state index in [1.807, 2.05) is 0 Å². The minimum atomic E-state index is 0. The van der Waals surface area contributed by atoms with Crippen LogP contribution in [0.2, 0.25) is 0 Å². The van der Waals surface area contributed by atoms with Gasteiger partial charge in [0, 0.05) is 16.8 Å². The largest absolute Gasteiger partial charge is 0.501 e. The van der Waals surface area contributed by atoms with Gasteiger partial charge < -0.3 is 6.08 Å². The van der Waals surface area contributed by atoms with E-state index in [-0.39, 0.29) is 16.8 Å². The zero-order chi connectivity index (χ0) is 13.3. The Bertz CT molecular complexity index is 214. The molecule has 1 radical (unpaired) electrons. The molecule has 0 aromatic heterocycles. The minimum absolute atomic E-state index is 0. The Morgan fingerprint density at radius 2 is 1.21 bits per heavy atom. The van der Waals surface area contributed by atoms with Crippen molar-refractivity contribution < 1.29 is 16.8 Å². The molecular formula is C18H29Co-. The minimum Gasteiger partial charge on any atom is -0.501 e. The molecule has 2 aliphatic carbocycles. The van der Waals surface area contributed by atoms with E-state index in [1.54, 1.807) is 0 Å². The molecule has 0 unspecified atom stereocenters. The second-order valence-corrected chi connectivity index (χ2v) is 4.50. The summed E-state index contributed by atoms with van der Waals surface area (Å²) in [5, 5.41) is 0. The molecule has 0 aromatic carbocycles. The molecule has 0 atom stereocenters. The second kappa shape index (κ2) is 19.8. The number of allylic oxidation sites excluding steroid dienone is 6. The van der Waals surface area contributed by atoms with Crippen molar-refractivity contribution in [3.63, 3.8) is 0 Å². The summed E-state index contributed by atoms with van der Waals surface area (Å²) in [5.74, 6) is 0. The standard InChI is InChI=1S/C8H13.C8H12.C2H4.Co/c2*1-2-4-6-8-7-5-3-1;1-2;/h1H,2,4-8H2;1-4H,5-8H2;1-2H2;/q-1;;;. The van der Waals surface area contributed by atoms with Gasteiger partial charge in [-0.05, 0) is 25.7 Å². The van der Waals surface area contributed by atoms with E-state index in [0.29, 0.717) is 0 Å². The number of rotatable bonds is 0. The molecule has 0 aromatic rings. The van der Waals surface area contributed by atoms with Crippen LogP contribution in [0.4, 0.5) is 0 Å². The molecular weight excluding hydrogens is 275 g/mol. The molecule has 0 fully saturated rings. The van der Waals surface area contributed by atoms with Gasteiger partial charge in [0.2, 0.25) is 0 Å². The van der Waals surface area contributed by atoms with Crippen LogP contribution < -0.4 is 0 Å². The van der Waals surface area contributed by atoms with Crippen LogP contribution in [0.1, 0.15) is 64.2 Å². The van der Waals surface area contributed by atoms with Crippen LogP contribution in [-0.4, -0.2) is 0 Å². The molecule has 19 heavy (non-hydrogen) atoms. The maximum Gasteiger partial charge on any atom is 0 e. The third-order valence-electron chi connectivity index (χ3n) is 2.94. The first kappa shape index (κ1) is 20.8. The van der Waals surface area contributed by atoms with Gasteiger partial charge in [-0.2, -0.15) is 6.42 Å². The van der Waals surface area contributed by atoms with Crippen molar-refractivity contribution in [3.8, 4) is 0 Å². The van der Waals surface area contributed by atoms with Crippen LogP contribution in [0, 0.1) is 6.08 Å². The summed E-state index contributed by atoms with van der Waals surface area (Å²) in [5.41, 5.74) is 0. The first-order valence-corrected chi connectivity index (χ1v) is 7.37. The van der Waals surface area contributed by atoms with E-state index < -0.39 is 0 Å². The van der Waals surface area contributed by atoms with E-state index in [9.17, 15) is 0 Å². The van der Waals surface area contributed by atoms with Gasteiger partial charge in [0.1, 0.15) is 0 Å². The Hall–Kier alpha value is -0.534. The quantitative estimate of drug-likeness (QED) is 0.370. The molecule has 111 valence electrons. The molecule has 2 aliphatic rings. The molecule has 0 bridgehead atoms. The van der Waals surface area contributed by atoms with Gasteiger partial charge in [-0.15, -0.1) is 13.2 Å². The molecule has 0 amide bonds. The number of hydrogen-bond donors (Lipinski definition) is 0. The van der Waals surface area contributed by atoms with Crippen LogP contribution in [0.5, 0.6) is 0 Å². The van der Waals surface area contributed by atoms with Crippen LogP contribution >= 0.6 is 0 Å². The van der Waals surface area contributed by atoms with Crippen LogP contribution in [0.3, 0.4) is 0 Å². The monoisotopic (exact) mass is 304 g/mol. The smallest absolute Gasteiger partial charge is 0 e. The summed E-state index contributed by atoms with van der Waals surface area (Å²) in [4.78, 5) is 0. The summed E-state index contributed by atoms with van der Waals surface area (Å²) < 4.78 is 0. The summed E-state index contributed by atoms with van der Waals surface area (Å²) in [7, 11) is 0. The topological polar surface area (TPSA) is 0 Å². The summed E-state index contributed by atoms with van der Waals surface area (Å²) in [6, 6.07) is 0. The van der Waals surface area contributed by atoms with Crippen molar-refractivity contribution in [2.45, 2.75) is 64.2 Å². The summed E-state index contributed by atoms with van der Waals surface area (Å²) >= 11 is 0. The van der Waals surface area contributed by atoms with Crippen molar-refractivity contribution in [1.82, 2.24) is 0 Å². The average Bonchev–Trinajstić information content (AvgIpc) is 2.30. The molecule has 2 rings (SSSR count). The third kappa shape index (κ3) is 17.5. The Morgan fingerprint density at radius 1 is 0.684 bits per heavy atom. The van der Waals surface area contributed by atoms with Crippen molar-refractivity contribution >= 4 is 0 Å². The van der Waals surface area contributed by atoms with Crippen molar-refractivity contribution in [3.05, 3.63) is 49.6 Å². The molecule has 0 saturated carbocycles. The zero-order valence-corrected chi connectivity index (χ0v) is 13.2. The van der Waals surface area contributed by atoms with Gasteiger partial charge in [0.25, 0.3) is 0 Å². The van der Waals surface area contributed by atoms with Gasteiger partial charge in [-0.1, -0.05) is 56.4 Å². The maximum absolute atomic E-state index is 3.26. The Kier molecular flexibility index (Phi) is 21.7. The van der Waals surface area contributed by atoms with Crippen LogP contribution in [-0.2, 0) is 16.8 Å². The van der Waals surface area contributed by atoms with Gasteiger partial charge in [0.05, 0.1) is 0 Å². The van der Waals surface area contributed by atoms with Crippen LogP contribution in [0.25, 0.3) is 0 Å². The molecule has 0 spiro atoms. The molecule has 0 nitrogen and oxygen atoms in total. The molecule has 0 heterocycles. The molecule has 0 saturated heterocycles. The first-order valence-electron chi connectivity index (χ1n) is 7.37. The fourth-order valence-corrected chi connectivity index (χ4v) is 1.91. The average molecular weight is 304 g/mol. The van der Waals surface area contributed by atoms with Gasteiger partial charge in [-0.3, -0.25) is 6.08 Å². The zero-order valence-electron chi connectivity index (χ0n) is 12.2. The predicted octanol–water partition coefficient (Wildman–Crippen LogP) is 6.17. The fourth-order valence-electron chi connectivity index (χ4n) is 1.91. The third-order valence-corrected chi connectivity index (χ3v) is 2.94. The number of hydrogen-bond acceptors (Lipinski definition) is 0. The SMILES string of the molecule is C1=CCCCCC=C1.C=C.[C-]1=CCCCCCC1.[Co]. The van der Waals surface area contributed by atoms with Gasteiger partial charge >= 0.3 is 0 Å². The van der Waals surface area contributed by atoms with E-state index in [2.05, 4.69) is 49.6 Å². The fraction of sp³-hybridized carbons (Fsp3) is 0.556. The molecule has 1 heteroatoms. The maximum atomic E-state index is 3.26. The Morgan fingerprint density at radius 3 is 1.84 bits per heavy atom. The van der Waals surface area contributed by atoms with Crippen molar-refractivity contribution in [1.29, 1.82) is 0 Å². The molecule has 0 N–H and O–H groups in total.